The van der Waals surface area contributed by atoms with Crippen LogP contribution in [0.2, 0.25) is 0 Å². The van der Waals surface area contributed by atoms with E-state index in [-0.39, 0.29) is 18.8 Å². The fraction of sp³-hybridized carbons (Fsp3) is 0.600. The van der Waals surface area contributed by atoms with Crippen LogP contribution in [0.4, 0.5) is 11.8 Å². The van der Waals surface area contributed by atoms with Gasteiger partial charge in [0.05, 0.1) is 25.4 Å². The number of aliphatic hydroxyl groups is 1. The van der Waals surface area contributed by atoms with E-state index >= 15 is 0 Å². The maximum atomic E-state index is 9.13. The number of nitrogens with two attached hydrogens (primary N) is 1. The van der Waals surface area contributed by atoms with Gasteiger partial charge < -0.3 is 14.7 Å². The predicted molar refractivity (Wildman–Crippen MR) is 63.5 cm³/mol. The molecular weight excluding hydrogens is 222 g/mol. The second-order valence-electron chi connectivity index (χ2n) is 4.02. The van der Waals surface area contributed by atoms with Crippen LogP contribution in [0.5, 0.6) is 0 Å². The minimum absolute atomic E-state index is 0.0102. The zero-order chi connectivity index (χ0) is 12.3. The molecule has 1 aromatic rings. The zero-order valence-corrected chi connectivity index (χ0v) is 9.71. The second kappa shape index (κ2) is 5.26. The fourth-order valence-corrected chi connectivity index (χ4v) is 1.83. The van der Waals surface area contributed by atoms with Crippen LogP contribution in [0, 0.1) is 0 Å². The third-order valence-electron chi connectivity index (χ3n) is 2.77. The van der Waals surface area contributed by atoms with Crippen molar-refractivity contribution < 1.29 is 9.84 Å². The van der Waals surface area contributed by atoms with Crippen molar-refractivity contribution in [2.45, 2.75) is 19.1 Å². The van der Waals surface area contributed by atoms with Crippen molar-refractivity contribution in [1.82, 2.24) is 9.97 Å². The minimum Gasteiger partial charge on any atom is -0.394 e. The summed E-state index contributed by atoms with van der Waals surface area (Å²) in [6.45, 7) is 3.24. The molecule has 1 fully saturated rings. The Hall–Kier alpha value is -1.44. The molecule has 2 rings (SSSR count). The number of morpholine rings is 1. The van der Waals surface area contributed by atoms with Crippen LogP contribution >= 0.6 is 0 Å². The normalized spacial score (nSPS) is 24.8. The molecule has 0 radical (unpaired) electrons. The molecule has 0 aromatic carbocycles. The Morgan fingerprint density at radius 3 is 3.24 bits per heavy atom. The number of anilines is 2. The van der Waals surface area contributed by atoms with Gasteiger partial charge >= 0.3 is 0 Å². The summed E-state index contributed by atoms with van der Waals surface area (Å²) in [5, 5.41) is 9.13. The molecule has 0 aliphatic carbocycles. The largest absolute Gasteiger partial charge is 0.394 e. The quantitative estimate of drug-likeness (QED) is 0.476. The number of nitrogen functional groups attached to an aromatic ring is 1. The molecule has 94 valence electrons. The number of hydrazine groups is 1. The summed E-state index contributed by atoms with van der Waals surface area (Å²) in [7, 11) is 0. The Balaban J connectivity index is 2.18. The van der Waals surface area contributed by atoms with E-state index in [1.165, 1.54) is 0 Å². The van der Waals surface area contributed by atoms with E-state index in [4.69, 9.17) is 15.7 Å². The SMILES string of the molecule is CC1COC(CO)CN1c1ccnc(NN)n1. The molecular formula is C10H17N5O2. The van der Waals surface area contributed by atoms with Gasteiger partial charge in [-0.05, 0) is 13.0 Å². The van der Waals surface area contributed by atoms with Crippen molar-refractivity contribution in [2.75, 3.05) is 30.1 Å². The van der Waals surface area contributed by atoms with E-state index in [0.717, 1.165) is 5.82 Å². The monoisotopic (exact) mass is 239 g/mol. The first kappa shape index (κ1) is 12.0. The average molecular weight is 239 g/mol. The van der Waals surface area contributed by atoms with Crippen molar-refractivity contribution >= 4 is 11.8 Å². The van der Waals surface area contributed by atoms with Gasteiger partial charge in [-0.25, -0.2) is 10.8 Å². The van der Waals surface area contributed by atoms with E-state index in [1.807, 2.05) is 13.0 Å². The summed E-state index contributed by atoms with van der Waals surface area (Å²) in [6.07, 6.45) is 1.48. The first-order chi connectivity index (χ1) is 8.24. The zero-order valence-electron chi connectivity index (χ0n) is 9.71. The van der Waals surface area contributed by atoms with E-state index in [9.17, 15) is 0 Å². The lowest BCUT2D eigenvalue weighted by Crippen LogP contribution is -2.50. The highest BCUT2D eigenvalue weighted by Gasteiger charge is 2.26. The van der Waals surface area contributed by atoms with Gasteiger partial charge in [-0.2, -0.15) is 4.98 Å². The van der Waals surface area contributed by atoms with Gasteiger partial charge in [0.2, 0.25) is 5.95 Å². The number of ether oxygens (including phenoxy) is 1. The van der Waals surface area contributed by atoms with Crippen molar-refractivity contribution in [2.24, 2.45) is 5.84 Å². The highest BCUT2D eigenvalue weighted by Crippen LogP contribution is 2.19. The van der Waals surface area contributed by atoms with Gasteiger partial charge in [0.1, 0.15) is 5.82 Å². The highest BCUT2D eigenvalue weighted by molar-refractivity contribution is 5.43. The van der Waals surface area contributed by atoms with Gasteiger partial charge in [-0.15, -0.1) is 0 Å². The smallest absolute Gasteiger partial charge is 0.239 e. The molecule has 2 unspecified atom stereocenters. The van der Waals surface area contributed by atoms with Crippen LogP contribution in [0.25, 0.3) is 0 Å². The maximum Gasteiger partial charge on any atom is 0.239 e. The lowest BCUT2D eigenvalue weighted by molar-refractivity contribution is -0.0105. The number of hydrogen-bond acceptors (Lipinski definition) is 7. The van der Waals surface area contributed by atoms with Crippen LogP contribution in [0.3, 0.4) is 0 Å². The molecule has 0 spiro atoms. The van der Waals surface area contributed by atoms with E-state index in [2.05, 4.69) is 20.3 Å². The summed E-state index contributed by atoms with van der Waals surface area (Å²) in [6, 6.07) is 2.02. The number of hydrogen-bond donors (Lipinski definition) is 3. The molecule has 17 heavy (non-hydrogen) atoms. The first-order valence-electron chi connectivity index (χ1n) is 5.53. The van der Waals surface area contributed by atoms with Gasteiger partial charge in [-0.1, -0.05) is 0 Å². The van der Waals surface area contributed by atoms with E-state index in [1.54, 1.807) is 6.20 Å². The molecule has 7 nitrogen and oxygen atoms in total. The molecule has 1 aliphatic rings. The summed E-state index contributed by atoms with van der Waals surface area (Å²) in [5.41, 5.74) is 2.42. The third-order valence-corrected chi connectivity index (χ3v) is 2.77. The predicted octanol–water partition coefficient (Wildman–Crippen LogP) is -0.652. The molecule has 2 heterocycles. The van der Waals surface area contributed by atoms with Crippen LogP contribution in [-0.4, -0.2) is 47.0 Å². The van der Waals surface area contributed by atoms with Gasteiger partial charge in [0, 0.05) is 12.7 Å². The number of rotatable bonds is 3. The third kappa shape index (κ3) is 2.63. The molecule has 2 atom stereocenters. The lowest BCUT2D eigenvalue weighted by atomic mass is 10.2. The van der Waals surface area contributed by atoms with Crippen LogP contribution in [0.1, 0.15) is 6.92 Å². The van der Waals surface area contributed by atoms with Crippen molar-refractivity contribution in [3.63, 3.8) is 0 Å². The molecule has 1 saturated heterocycles. The van der Waals surface area contributed by atoms with Crippen molar-refractivity contribution in [3.05, 3.63) is 12.3 Å². The summed E-state index contributed by atoms with van der Waals surface area (Å²) in [5.74, 6) is 6.43. The number of nitrogens with zero attached hydrogens (tertiary/aromatic N) is 3. The van der Waals surface area contributed by atoms with Crippen molar-refractivity contribution in [1.29, 1.82) is 0 Å². The Bertz CT molecular complexity index is 375. The first-order valence-corrected chi connectivity index (χ1v) is 5.53. The van der Waals surface area contributed by atoms with E-state index < -0.39 is 0 Å². The standard InChI is InChI=1S/C10H17N5O2/c1-7-6-17-8(5-16)4-15(7)9-2-3-12-10(13-9)14-11/h2-3,7-8,16H,4-6,11H2,1H3,(H,12,13,14). The maximum absolute atomic E-state index is 9.13. The topological polar surface area (TPSA) is 96.5 Å². The van der Waals surface area contributed by atoms with E-state index in [0.29, 0.717) is 19.1 Å². The van der Waals surface area contributed by atoms with Gasteiger partial charge in [0.25, 0.3) is 0 Å². The molecule has 0 saturated carbocycles. The minimum atomic E-state index is -0.171. The van der Waals surface area contributed by atoms with Crippen molar-refractivity contribution in [3.8, 4) is 0 Å². The average Bonchev–Trinajstić information content (AvgIpc) is 2.39. The molecule has 7 heteroatoms. The van der Waals surface area contributed by atoms with Crippen LogP contribution in [0.15, 0.2) is 12.3 Å². The number of nitrogens with one attached hydrogen (secondary N) is 1. The summed E-state index contributed by atoms with van der Waals surface area (Å²) >= 11 is 0. The molecule has 0 bridgehead atoms. The van der Waals surface area contributed by atoms with Crippen LogP contribution < -0.4 is 16.2 Å². The molecule has 1 aromatic heterocycles. The Kier molecular flexibility index (Phi) is 3.72. The second-order valence-corrected chi connectivity index (χ2v) is 4.02. The highest BCUT2D eigenvalue weighted by atomic mass is 16.5. The van der Waals surface area contributed by atoms with Gasteiger partial charge in [-0.3, -0.25) is 5.43 Å². The molecule has 0 amide bonds. The Morgan fingerprint density at radius 2 is 2.53 bits per heavy atom. The fourth-order valence-electron chi connectivity index (χ4n) is 1.83. The molecule has 1 aliphatic heterocycles. The number of aromatic nitrogens is 2. The van der Waals surface area contributed by atoms with Crippen LogP contribution in [-0.2, 0) is 4.74 Å². The van der Waals surface area contributed by atoms with Gasteiger partial charge in [0.15, 0.2) is 0 Å². The summed E-state index contributed by atoms with van der Waals surface area (Å²) in [4.78, 5) is 10.3. The Labute approximate surface area is 99.6 Å². The summed E-state index contributed by atoms with van der Waals surface area (Å²) < 4.78 is 5.47. The number of aliphatic hydroxyl groups excluding tert-OH is 1. The molecule has 4 N–H and O–H groups in total. The Morgan fingerprint density at radius 1 is 1.71 bits per heavy atom. The lowest BCUT2D eigenvalue weighted by Gasteiger charge is -2.38.